The van der Waals surface area contributed by atoms with Crippen LogP contribution in [-0.4, -0.2) is 87.2 Å². The maximum Gasteiger partial charge on any atom is 0.319 e. The maximum absolute atomic E-state index is 16.7. The van der Waals surface area contributed by atoms with Crippen LogP contribution in [0.1, 0.15) is 49.7 Å². The Morgan fingerprint density at radius 2 is 1.98 bits per heavy atom. The number of carbonyl (C=O) groups is 1. The lowest BCUT2D eigenvalue weighted by Crippen LogP contribution is -2.63. The van der Waals surface area contributed by atoms with Gasteiger partial charge in [-0.05, 0) is 74.8 Å². The van der Waals surface area contributed by atoms with E-state index in [1.165, 1.54) is 12.1 Å². The largest absolute Gasteiger partial charge is 0.461 e. The first-order valence-corrected chi connectivity index (χ1v) is 15.7. The van der Waals surface area contributed by atoms with E-state index in [4.69, 9.17) is 9.72 Å². The molecule has 1 aromatic carbocycles. The molecule has 1 aliphatic carbocycles. The fraction of sp³-hybridized carbons (Fsp3) is 0.515. The molecule has 0 radical (unpaired) electrons. The van der Waals surface area contributed by atoms with Crippen molar-refractivity contribution in [3.63, 3.8) is 0 Å². The van der Waals surface area contributed by atoms with Crippen molar-refractivity contribution in [1.82, 2.24) is 24.8 Å². The van der Waals surface area contributed by atoms with Crippen molar-refractivity contribution >= 4 is 22.6 Å². The number of benzene rings is 1. The highest BCUT2D eigenvalue weighted by Crippen LogP contribution is 2.44. The van der Waals surface area contributed by atoms with Gasteiger partial charge in [0.05, 0.1) is 23.2 Å². The van der Waals surface area contributed by atoms with Crippen LogP contribution < -0.4 is 9.64 Å². The number of pyridine rings is 1. The number of anilines is 1. The lowest BCUT2D eigenvalue weighted by molar-refractivity contribution is -0.127. The number of carbonyl (C=O) groups excluding carboxylic acids is 1. The highest BCUT2D eigenvalue weighted by atomic mass is 19.1. The van der Waals surface area contributed by atoms with Gasteiger partial charge in [0.25, 0.3) is 0 Å². The molecule has 230 valence electrons. The van der Waals surface area contributed by atoms with E-state index in [0.717, 1.165) is 56.2 Å². The molecule has 0 spiro atoms. The minimum absolute atomic E-state index is 0.0128. The number of likely N-dealkylation sites (tertiary alicyclic amines) is 1. The zero-order chi connectivity index (χ0) is 30.2. The number of aryl methyl sites for hydroxylation is 1. The molecule has 44 heavy (non-hydrogen) atoms. The molecule has 6 heterocycles. The van der Waals surface area contributed by atoms with Gasteiger partial charge in [0, 0.05) is 49.4 Å². The van der Waals surface area contributed by atoms with Crippen LogP contribution >= 0.6 is 0 Å². The van der Waals surface area contributed by atoms with Gasteiger partial charge in [-0.15, -0.1) is 0 Å². The average molecular weight is 605 g/mol. The van der Waals surface area contributed by atoms with Crippen molar-refractivity contribution in [3.8, 4) is 17.1 Å². The average Bonchev–Trinajstić information content (AvgIpc) is 3.65. The summed E-state index contributed by atoms with van der Waals surface area (Å²) in [6, 6.07) is 1.23. The van der Waals surface area contributed by atoms with Crippen molar-refractivity contribution in [3.05, 3.63) is 53.9 Å². The van der Waals surface area contributed by atoms with Gasteiger partial charge in [0.2, 0.25) is 5.91 Å². The molecule has 0 saturated carbocycles. The van der Waals surface area contributed by atoms with Gasteiger partial charge in [0.1, 0.15) is 29.9 Å². The molecule has 4 atom stereocenters. The topological polar surface area (TPSA) is 74.7 Å². The Morgan fingerprint density at radius 1 is 1.11 bits per heavy atom. The summed E-state index contributed by atoms with van der Waals surface area (Å²) in [4.78, 5) is 31.9. The van der Waals surface area contributed by atoms with Crippen molar-refractivity contribution < 1.29 is 22.7 Å². The Labute approximate surface area is 253 Å². The Morgan fingerprint density at radius 3 is 2.84 bits per heavy atom. The van der Waals surface area contributed by atoms with Gasteiger partial charge in [0.15, 0.2) is 5.82 Å². The minimum atomic E-state index is -0.915. The van der Waals surface area contributed by atoms with E-state index in [1.54, 1.807) is 17.3 Å². The number of fused-ring (bicyclic) bond motifs is 4. The molecule has 2 aromatic heterocycles. The summed E-state index contributed by atoms with van der Waals surface area (Å²) in [6.45, 7) is 6.06. The molecule has 8 rings (SSSR count). The van der Waals surface area contributed by atoms with E-state index in [1.807, 2.05) is 4.90 Å². The predicted molar refractivity (Wildman–Crippen MR) is 159 cm³/mol. The third-order valence-corrected chi connectivity index (χ3v) is 10.6. The lowest BCUT2D eigenvalue weighted by atomic mass is 9.87. The quantitative estimate of drug-likeness (QED) is 0.375. The smallest absolute Gasteiger partial charge is 0.319 e. The third kappa shape index (κ3) is 4.22. The number of halogens is 3. The zero-order valence-electron chi connectivity index (χ0n) is 24.6. The highest BCUT2D eigenvalue weighted by molar-refractivity contribution is 5.95. The Bertz CT molecular complexity index is 1690. The predicted octanol–water partition coefficient (Wildman–Crippen LogP) is 4.78. The van der Waals surface area contributed by atoms with Gasteiger partial charge in [-0.2, -0.15) is 9.97 Å². The van der Waals surface area contributed by atoms with Crippen LogP contribution in [0.2, 0.25) is 0 Å². The third-order valence-electron chi connectivity index (χ3n) is 10.6. The highest BCUT2D eigenvalue weighted by Gasteiger charge is 2.51. The lowest BCUT2D eigenvalue weighted by Gasteiger charge is -2.47. The first-order valence-electron chi connectivity index (χ1n) is 15.7. The second-order valence-corrected chi connectivity index (χ2v) is 13.0. The van der Waals surface area contributed by atoms with Gasteiger partial charge in [-0.25, -0.2) is 13.2 Å². The molecule has 1 amide bonds. The van der Waals surface area contributed by atoms with Crippen LogP contribution in [0.3, 0.4) is 0 Å². The number of aromatic nitrogens is 3. The molecule has 4 aliphatic heterocycles. The van der Waals surface area contributed by atoms with E-state index in [9.17, 15) is 9.18 Å². The first-order chi connectivity index (χ1) is 21.4. The molecule has 0 unspecified atom stereocenters. The van der Waals surface area contributed by atoms with Crippen LogP contribution in [0, 0.1) is 11.6 Å². The Hall–Kier alpha value is -3.73. The molecule has 0 N–H and O–H groups in total. The fourth-order valence-electron chi connectivity index (χ4n) is 8.47. The Kier molecular flexibility index (Phi) is 6.59. The van der Waals surface area contributed by atoms with Gasteiger partial charge in [-0.1, -0.05) is 6.58 Å². The molecular weight excluding hydrogens is 569 g/mol. The summed E-state index contributed by atoms with van der Waals surface area (Å²) in [5.41, 5.74) is 1.82. The number of alkyl halides is 1. The Balaban J connectivity index is 1.22. The standard InChI is InChI=1S/C33H35F3N6O2/c1-2-27(43)41-11-8-25-26(41)17-42(25)31-22-12-24(35)28(23-15-37-14-19-6-3-4-7-21(19)23)29(36)30(22)38-32(39-31)44-18-33-9-5-10-40(33)16-20(34)13-33/h2,12,14-15,20,25-26H,1,3-11,13,16-18H2/t20-,25-,26-,33+/m1/s1. The van der Waals surface area contributed by atoms with Crippen molar-refractivity contribution in [2.24, 2.45) is 0 Å². The normalized spacial score (nSPS) is 27.7. The zero-order valence-corrected chi connectivity index (χ0v) is 24.6. The number of hydrogen-bond donors (Lipinski definition) is 0. The monoisotopic (exact) mass is 604 g/mol. The van der Waals surface area contributed by atoms with Crippen LogP contribution in [0.15, 0.2) is 31.1 Å². The number of amides is 1. The van der Waals surface area contributed by atoms with Crippen LogP contribution in [0.25, 0.3) is 22.0 Å². The molecule has 11 heteroatoms. The van der Waals surface area contributed by atoms with Crippen molar-refractivity contribution in [2.75, 3.05) is 37.7 Å². The van der Waals surface area contributed by atoms with Gasteiger partial charge in [-0.3, -0.25) is 14.7 Å². The van der Waals surface area contributed by atoms with Crippen molar-refractivity contribution in [2.45, 2.75) is 75.2 Å². The molecule has 4 fully saturated rings. The molecular formula is C33H35F3N6O2. The number of rotatable bonds is 6. The van der Waals surface area contributed by atoms with E-state index in [0.29, 0.717) is 43.9 Å². The van der Waals surface area contributed by atoms with E-state index in [-0.39, 0.29) is 47.1 Å². The number of nitrogens with zero attached hydrogens (tertiary/aromatic N) is 6. The summed E-state index contributed by atoms with van der Waals surface area (Å²) in [5.74, 6) is -1.21. The summed E-state index contributed by atoms with van der Waals surface area (Å²) in [7, 11) is 0. The van der Waals surface area contributed by atoms with E-state index in [2.05, 4.69) is 21.4 Å². The summed E-state index contributed by atoms with van der Waals surface area (Å²) in [5, 5.41) is 0.256. The molecule has 3 aromatic rings. The van der Waals surface area contributed by atoms with E-state index < -0.39 is 23.3 Å². The van der Waals surface area contributed by atoms with Crippen LogP contribution in [0.4, 0.5) is 19.0 Å². The molecule has 8 nitrogen and oxygen atoms in total. The number of hydrogen-bond acceptors (Lipinski definition) is 7. The summed E-state index contributed by atoms with van der Waals surface area (Å²) < 4.78 is 53.4. The SMILES string of the molecule is C=CC(=O)N1CC[C@@H]2[C@H]1CN2c1nc(OC[C@@]23CCCN2C[C@H](F)C3)nc2c(F)c(-c3cncc4c3CCCC4)c(F)cc12. The molecule has 5 aliphatic rings. The van der Waals surface area contributed by atoms with Crippen LogP contribution in [-0.2, 0) is 17.6 Å². The fourth-order valence-corrected chi connectivity index (χ4v) is 8.47. The van der Waals surface area contributed by atoms with Crippen molar-refractivity contribution in [1.29, 1.82) is 0 Å². The van der Waals surface area contributed by atoms with Crippen LogP contribution in [0.5, 0.6) is 6.01 Å². The maximum atomic E-state index is 16.7. The molecule has 0 bridgehead atoms. The second-order valence-electron chi connectivity index (χ2n) is 13.0. The van der Waals surface area contributed by atoms with E-state index >= 15 is 8.78 Å². The van der Waals surface area contributed by atoms with Gasteiger partial charge >= 0.3 is 6.01 Å². The first kappa shape index (κ1) is 27.8. The minimum Gasteiger partial charge on any atom is -0.461 e. The van der Waals surface area contributed by atoms with Gasteiger partial charge < -0.3 is 14.5 Å². The summed E-state index contributed by atoms with van der Waals surface area (Å²) in [6.07, 6.45) is 10.1. The molecule has 4 saturated heterocycles. The summed E-state index contributed by atoms with van der Waals surface area (Å²) >= 11 is 0. The number of ether oxygens (including phenoxy) is 1. The second kappa shape index (κ2) is 10.4.